The Morgan fingerprint density at radius 1 is 1.38 bits per heavy atom. The average Bonchev–Trinajstić information content (AvgIpc) is 2.25. The Morgan fingerprint density at radius 2 is 1.94 bits per heavy atom. The fraction of sp³-hybridized carbons (Fsp3) is 0.300. The third-order valence-electron chi connectivity index (χ3n) is 1.97. The number of methoxy groups -OCH3 is 1. The van der Waals surface area contributed by atoms with E-state index in [4.69, 9.17) is 5.11 Å². The quantitative estimate of drug-likeness (QED) is 0.797. The van der Waals surface area contributed by atoms with Gasteiger partial charge in [0.05, 0.1) is 12.7 Å². The number of hydrogen-bond acceptors (Lipinski definition) is 3. The molecule has 88 valence electrons. The molecule has 0 bridgehead atoms. The topological polar surface area (TPSA) is 46.5 Å². The zero-order chi connectivity index (χ0) is 12.3. The summed E-state index contributed by atoms with van der Waals surface area (Å²) in [5.74, 6) is -0.918. The van der Waals surface area contributed by atoms with Gasteiger partial charge in [0.1, 0.15) is 0 Å². The van der Waals surface area contributed by atoms with E-state index in [1.807, 2.05) is 0 Å². The number of hydrogen-bond donors (Lipinski definition) is 1. The number of esters is 1. The van der Waals surface area contributed by atoms with Crippen molar-refractivity contribution in [3.05, 3.63) is 35.4 Å². The second-order valence-electron chi connectivity index (χ2n) is 3.02. The number of rotatable bonds is 2. The predicted octanol–water partition coefficient (Wildman–Crippen LogP) is 2.07. The molecule has 1 atom stereocenters. The number of benzene rings is 1. The maximum atomic E-state index is 12.3. The van der Waals surface area contributed by atoms with E-state index in [2.05, 4.69) is 4.74 Å². The molecule has 0 aliphatic carbocycles. The number of halogens is 3. The van der Waals surface area contributed by atoms with Crippen molar-refractivity contribution in [2.45, 2.75) is 12.3 Å². The Morgan fingerprint density at radius 3 is 2.44 bits per heavy atom. The van der Waals surface area contributed by atoms with Crippen LogP contribution in [-0.2, 0) is 4.74 Å². The van der Waals surface area contributed by atoms with E-state index in [-0.39, 0.29) is 5.56 Å². The van der Waals surface area contributed by atoms with E-state index in [1.165, 1.54) is 12.1 Å². The summed E-state index contributed by atoms with van der Waals surface area (Å²) >= 11 is 0. The van der Waals surface area contributed by atoms with Crippen LogP contribution in [0, 0.1) is 0 Å². The highest BCUT2D eigenvalue weighted by Gasteiger charge is 2.41. The van der Waals surface area contributed by atoms with Gasteiger partial charge in [-0.05, 0) is 6.07 Å². The highest BCUT2D eigenvalue weighted by molar-refractivity contribution is 5.91. The van der Waals surface area contributed by atoms with Gasteiger partial charge in [-0.15, -0.1) is 0 Å². The third-order valence-corrected chi connectivity index (χ3v) is 1.97. The maximum Gasteiger partial charge on any atom is 0.418 e. The van der Waals surface area contributed by atoms with E-state index in [0.717, 1.165) is 19.2 Å². The van der Waals surface area contributed by atoms with Crippen LogP contribution in [0.4, 0.5) is 13.2 Å². The molecule has 6 heteroatoms. The minimum absolute atomic E-state index is 0.296. The number of alkyl halides is 3. The SMILES string of the molecule is COC(=O)c1ccccc1[C@H](O)C(F)(F)F. The van der Waals surface area contributed by atoms with Crippen LogP contribution >= 0.6 is 0 Å². The van der Waals surface area contributed by atoms with Gasteiger partial charge in [-0.3, -0.25) is 0 Å². The minimum atomic E-state index is -4.82. The molecule has 0 saturated heterocycles. The van der Waals surface area contributed by atoms with Gasteiger partial charge < -0.3 is 9.84 Å². The van der Waals surface area contributed by atoms with Crippen molar-refractivity contribution in [1.29, 1.82) is 0 Å². The molecule has 0 aromatic heterocycles. The molecule has 1 aromatic rings. The molecule has 1 rings (SSSR count). The molecule has 0 aliphatic heterocycles. The van der Waals surface area contributed by atoms with Crippen molar-refractivity contribution in [3.8, 4) is 0 Å². The van der Waals surface area contributed by atoms with Crippen molar-refractivity contribution in [1.82, 2.24) is 0 Å². The molecule has 1 aromatic carbocycles. The first-order valence-electron chi connectivity index (χ1n) is 4.30. The van der Waals surface area contributed by atoms with Crippen LogP contribution < -0.4 is 0 Å². The van der Waals surface area contributed by atoms with E-state index in [9.17, 15) is 18.0 Å². The first-order chi connectivity index (χ1) is 7.38. The fourth-order valence-electron chi connectivity index (χ4n) is 1.21. The van der Waals surface area contributed by atoms with E-state index in [0.29, 0.717) is 0 Å². The van der Waals surface area contributed by atoms with Crippen LogP contribution in [0.25, 0.3) is 0 Å². The van der Waals surface area contributed by atoms with Crippen molar-refractivity contribution >= 4 is 5.97 Å². The Labute approximate surface area is 89.5 Å². The van der Waals surface area contributed by atoms with Crippen LogP contribution in [-0.4, -0.2) is 24.4 Å². The first-order valence-corrected chi connectivity index (χ1v) is 4.30. The number of carbonyl (C=O) groups excluding carboxylic acids is 1. The lowest BCUT2D eigenvalue weighted by atomic mass is 10.0. The highest BCUT2D eigenvalue weighted by Crippen LogP contribution is 2.34. The monoisotopic (exact) mass is 234 g/mol. The van der Waals surface area contributed by atoms with Crippen LogP contribution in [0.15, 0.2) is 24.3 Å². The number of aliphatic hydroxyl groups is 1. The standard InChI is InChI=1S/C10H9F3O3/c1-16-9(15)7-5-3-2-4-6(7)8(14)10(11,12)13/h2-5,8,14H,1H3/t8-/m0/s1. The van der Waals surface area contributed by atoms with Gasteiger partial charge in [-0.2, -0.15) is 13.2 Å². The fourth-order valence-corrected chi connectivity index (χ4v) is 1.21. The van der Waals surface area contributed by atoms with Gasteiger partial charge in [0.2, 0.25) is 0 Å². The van der Waals surface area contributed by atoms with E-state index >= 15 is 0 Å². The molecule has 16 heavy (non-hydrogen) atoms. The average molecular weight is 234 g/mol. The molecule has 1 N–H and O–H groups in total. The molecule has 0 saturated carbocycles. The molecule has 0 aliphatic rings. The predicted molar refractivity (Wildman–Crippen MR) is 48.8 cm³/mol. The van der Waals surface area contributed by atoms with Crippen molar-refractivity contribution < 1.29 is 27.8 Å². The summed E-state index contributed by atoms with van der Waals surface area (Å²) < 4.78 is 41.2. The zero-order valence-electron chi connectivity index (χ0n) is 8.28. The van der Waals surface area contributed by atoms with Gasteiger partial charge in [0.15, 0.2) is 6.10 Å². The van der Waals surface area contributed by atoms with Crippen LogP contribution in [0.5, 0.6) is 0 Å². The maximum absolute atomic E-state index is 12.3. The Bertz CT molecular complexity index is 387. The van der Waals surface area contributed by atoms with Crippen molar-refractivity contribution in [2.75, 3.05) is 7.11 Å². The molecule has 3 nitrogen and oxygen atoms in total. The Hall–Kier alpha value is -1.56. The smallest absolute Gasteiger partial charge is 0.418 e. The van der Waals surface area contributed by atoms with E-state index in [1.54, 1.807) is 0 Å². The summed E-state index contributed by atoms with van der Waals surface area (Å²) in [5.41, 5.74) is -0.809. The van der Waals surface area contributed by atoms with Gasteiger partial charge in [-0.1, -0.05) is 18.2 Å². The Kier molecular flexibility index (Phi) is 3.54. The van der Waals surface area contributed by atoms with Gasteiger partial charge >= 0.3 is 12.1 Å². The lowest BCUT2D eigenvalue weighted by Gasteiger charge is -2.17. The highest BCUT2D eigenvalue weighted by atomic mass is 19.4. The van der Waals surface area contributed by atoms with Crippen LogP contribution in [0.3, 0.4) is 0 Å². The zero-order valence-corrected chi connectivity index (χ0v) is 8.28. The lowest BCUT2D eigenvalue weighted by Crippen LogP contribution is -2.22. The minimum Gasteiger partial charge on any atom is -0.465 e. The van der Waals surface area contributed by atoms with Crippen molar-refractivity contribution in [3.63, 3.8) is 0 Å². The molecule has 0 spiro atoms. The summed E-state index contributed by atoms with van der Waals surface area (Å²) in [4.78, 5) is 11.2. The molecule has 0 radical (unpaired) electrons. The van der Waals surface area contributed by atoms with Gasteiger partial charge in [-0.25, -0.2) is 4.79 Å². The number of carbonyl (C=O) groups is 1. The summed E-state index contributed by atoms with van der Waals surface area (Å²) in [6.07, 6.45) is -7.51. The van der Waals surface area contributed by atoms with Gasteiger partial charge in [0, 0.05) is 5.56 Å². The molecular formula is C10H9F3O3. The first kappa shape index (κ1) is 12.5. The molecule has 0 fully saturated rings. The Balaban J connectivity index is 3.18. The normalized spacial score (nSPS) is 13.3. The van der Waals surface area contributed by atoms with Gasteiger partial charge in [0.25, 0.3) is 0 Å². The summed E-state index contributed by atoms with van der Waals surface area (Å²) in [6, 6.07) is 4.89. The molecular weight excluding hydrogens is 225 g/mol. The summed E-state index contributed by atoms with van der Waals surface area (Å²) in [7, 11) is 1.05. The largest absolute Gasteiger partial charge is 0.465 e. The second kappa shape index (κ2) is 4.52. The summed E-state index contributed by atoms with van der Waals surface area (Å²) in [5, 5.41) is 9.05. The number of aliphatic hydroxyl groups excluding tert-OH is 1. The lowest BCUT2D eigenvalue weighted by molar-refractivity contribution is -0.206. The number of ether oxygens (including phenoxy) is 1. The molecule has 0 amide bonds. The van der Waals surface area contributed by atoms with Crippen LogP contribution in [0.2, 0.25) is 0 Å². The summed E-state index contributed by atoms with van der Waals surface area (Å²) in [6.45, 7) is 0. The third kappa shape index (κ3) is 2.52. The molecule has 0 unspecified atom stereocenters. The molecule has 0 heterocycles. The van der Waals surface area contributed by atoms with Crippen LogP contribution in [0.1, 0.15) is 22.0 Å². The second-order valence-corrected chi connectivity index (χ2v) is 3.02. The van der Waals surface area contributed by atoms with E-state index < -0.39 is 23.8 Å². The van der Waals surface area contributed by atoms with Crippen molar-refractivity contribution in [2.24, 2.45) is 0 Å².